The maximum Gasteiger partial charge on any atom is 0.146 e. The molecule has 15 heavy (non-hydrogen) atoms. The lowest BCUT2D eigenvalue weighted by Crippen LogP contribution is -2.33. The molecule has 0 saturated heterocycles. The number of hydrogen-bond donors (Lipinski definition) is 0. The monoisotopic (exact) mass is 205 g/mol. The molecule has 0 aliphatic carbocycles. The molecule has 82 valence electrons. The van der Waals surface area contributed by atoms with E-state index < -0.39 is 0 Å². The lowest BCUT2D eigenvalue weighted by molar-refractivity contribution is -0.121. The van der Waals surface area contributed by atoms with Crippen LogP contribution in [0.25, 0.3) is 0 Å². The first-order valence-electron chi connectivity index (χ1n) is 5.27. The first kappa shape index (κ1) is 11.9. The quantitative estimate of drug-likeness (QED) is 0.752. The Labute approximate surface area is 91.9 Å². The lowest BCUT2D eigenvalue weighted by atomic mass is 10.1. The van der Waals surface area contributed by atoms with E-state index in [1.165, 1.54) is 11.1 Å². The van der Waals surface area contributed by atoms with Crippen molar-refractivity contribution in [2.24, 2.45) is 0 Å². The topological polar surface area (TPSA) is 20.3 Å². The van der Waals surface area contributed by atoms with Crippen LogP contribution in [0, 0.1) is 6.92 Å². The zero-order chi connectivity index (χ0) is 11.4. The third kappa shape index (κ3) is 3.48. The molecule has 0 aliphatic heterocycles. The van der Waals surface area contributed by atoms with Crippen molar-refractivity contribution >= 4 is 5.78 Å². The highest BCUT2D eigenvalue weighted by Gasteiger charge is 2.13. The van der Waals surface area contributed by atoms with Crippen molar-refractivity contribution in [1.29, 1.82) is 0 Å². The van der Waals surface area contributed by atoms with Crippen molar-refractivity contribution < 1.29 is 4.79 Å². The van der Waals surface area contributed by atoms with Crippen LogP contribution >= 0.6 is 0 Å². The number of likely N-dealkylation sites (N-methyl/N-ethyl adjacent to an activating group) is 1. The van der Waals surface area contributed by atoms with E-state index in [1.54, 1.807) is 6.92 Å². The molecule has 0 bridgehead atoms. The van der Waals surface area contributed by atoms with Gasteiger partial charge in [0, 0.05) is 6.54 Å². The van der Waals surface area contributed by atoms with Gasteiger partial charge in [-0.05, 0) is 33.4 Å². The van der Waals surface area contributed by atoms with Gasteiger partial charge in [0.15, 0.2) is 0 Å². The predicted molar refractivity (Wildman–Crippen MR) is 62.8 cm³/mol. The molecule has 0 amide bonds. The van der Waals surface area contributed by atoms with E-state index in [4.69, 9.17) is 0 Å². The van der Waals surface area contributed by atoms with Gasteiger partial charge >= 0.3 is 0 Å². The Kier molecular flexibility index (Phi) is 4.04. The molecule has 0 aromatic heterocycles. The Morgan fingerprint density at radius 1 is 1.47 bits per heavy atom. The van der Waals surface area contributed by atoms with Crippen molar-refractivity contribution in [3.8, 4) is 0 Å². The largest absolute Gasteiger partial charge is 0.298 e. The van der Waals surface area contributed by atoms with E-state index in [2.05, 4.69) is 36.1 Å². The second-order valence-electron chi connectivity index (χ2n) is 4.19. The molecule has 0 N–H and O–H groups in total. The van der Waals surface area contributed by atoms with Gasteiger partial charge in [-0.15, -0.1) is 0 Å². The zero-order valence-electron chi connectivity index (χ0n) is 9.95. The molecule has 0 aliphatic rings. The lowest BCUT2D eigenvalue weighted by Gasteiger charge is -2.22. The van der Waals surface area contributed by atoms with Gasteiger partial charge < -0.3 is 0 Å². The molecule has 1 aromatic rings. The van der Waals surface area contributed by atoms with E-state index in [-0.39, 0.29) is 11.8 Å². The van der Waals surface area contributed by atoms with E-state index in [1.807, 2.05) is 14.0 Å². The molecule has 1 rings (SSSR count). The van der Waals surface area contributed by atoms with Crippen molar-refractivity contribution in [3.05, 3.63) is 35.4 Å². The van der Waals surface area contributed by atoms with Gasteiger partial charge in [-0.3, -0.25) is 9.69 Å². The van der Waals surface area contributed by atoms with Crippen LogP contribution in [0.2, 0.25) is 0 Å². The number of carbonyl (C=O) groups is 1. The first-order valence-corrected chi connectivity index (χ1v) is 5.27. The molecule has 0 heterocycles. The Morgan fingerprint density at radius 2 is 2.13 bits per heavy atom. The Bertz CT molecular complexity index is 346. The number of aryl methyl sites for hydroxylation is 1. The summed E-state index contributed by atoms with van der Waals surface area (Å²) in [6.45, 7) is 6.48. The van der Waals surface area contributed by atoms with Gasteiger partial charge in [-0.25, -0.2) is 0 Å². The van der Waals surface area contributed by atoms with Gasteiger partial charge in [-0.1, -0.05) is 29.8 Å². The fourth-order valence-electron chi connectivity index (χ4n) is 1.55. The molecule has 2 heteroatoms. The van der Waals surface area contributed by atoms with Gasteiger partial charge in [0.25, 0.3) is 0 Å². The third-order valence-electron chi connectivity index (χ3n) is 2.76. The predicted octanol–water partition coefficient (Wildman–Crippen LogP) is 2.40. The molecule has 0 fully saturated rings. The van der Waals surface area contributed by atoms with E-state index in [9.17, 15) is 4.79 Å². The SMILES string of the molecule is CC(=O)C(C)N(C)Cc1cccc(C)c1. The van der Waals surface area contributed by atoms with Crippen LogP contribution in [-0.4, -0.2) is 23.8 Å². The Balaban J connectivity index is 2.66. The van der Waals surface area contributed by atoms with Gasteiger partial charge in [0.2, 0.25) is 0 Å². The Hall–Kier alpha value is -1.15. The number of Topliss-reactive ketones (excluding diaryl/α,β-unsaturated/α-hetero) is 1. The summed E-state index contributed by atoms with van der Waals surface area (Å²) in [6.07, 6.45) is 0. The van der Waals surface area contributed by atoms with Crippen LogP contribution < -0.4 is 0 Å². The van der Waals surface area contributed by atoms with Crippen molar-refractivity contribution in [3.63, 3.8) is 0 Å². The number of nitrogens with zero attached hydrogens (tertiary/aromatic N) is 1. The minimum Gasteiger partial charge on any atom is -0.298 e. The summed E-state index contributed by atoms with van der Waals surface area (Å²) < 4.78 is 0. The summed E-state index contributed by atoms with van der Waals surface area (Å²) in [6, 6.07) is 8.37. The van der Waals surface area contributed by atoms with Gasteiger partial charge in [0.05, 0.1) is 6.04 Å². The molecular formula is C13H19NO. The molecular weight excluding hydrogens is 186 g/mol. The third-order valence-corrected chi connectivity index (χ3v) is 2.76. The summed E-state index contributed by atoms with van der Waals surface area (Å²) >= 11 is 0. The smallest absolute Gasteiger partial charge is 0.146 e. The van der Waals surface area contributed by atoms with Crippen molar-refractivity contribution in [2.75, 3.05) is 7.05 Å². The maximum atomic E-state index is 11.2. The first-order chi connectivity index (χ1) is 7.00. The van der Waals surface area contributed by atoms with E-state index in [0.717, 1.165) is 6.54 Å². The second kappa shape index (κ2) is 5.08. The molecule has 0 spiro atoms. The fourth-order valence-corrected chi connectivity index (χ4v) is 1.55. The number of hydrogen-bond acceptors (Lipinski definition) is 2. The number of carbonyl (C=O) groups excluding carboxylic acids is 1. The van der Waals surface area contributed by atoms with E-state index in [0.29, 0.717) is 0 Å². The number of benzene rings is 1. The minimum absolute atomic E-state index is 0.00878. The molecule has 0 saturated carbocycles. The van der Waals surface area contributed by atoms with Crippen molar-refractivity contribution in [1.82, 2.24) is 4.90 Å². The standard InChI is InChI=1S/C13H19NO/c1-10-6-5-7-13(8-10)9-14(4)11(2)12(3)15/h5-8,11H,9H2,1-4H3. The average molecular weight is 205 g/mol. The molecule has 1 atom stereocenters. The normalized spacial score (nSPS) is 12.9. The highest BCUT2D eigenvalue weighted by molar-refractivity contribution is 5.80. The van der Waals surface area contributed by atoms with Crippen LogP contribution in [0.15, 0.2) is 24.3 Å². The fraction of sp³-hybridized carbons (Fsp3) is 0.462. The number of rotatable bonds is 4. The van der Waals surface area contributed by atoms with Crippen LogP contribution in [0.5, 0.6) is 0 Å². The summed E-state index contributed by atoms with van der Waals surface area (Å²) in [5, 5.41) is 0. The second-order valence-corrected chi connectivity index (χ2v) is 4.19. The number of ketones is 1. The molecule has 2 nitrogen and oxygen atoms in total. The summed E-state index contributed by atoms with van der Waals surface area (Å²) in [5.74, 6) is 0.213. The average Bonchev–Trinajstić information content (AvgIpc) is 2.16. The summed E-state index contributed by atoms with van der Waals surface area (Å²) in [7, 11) is 1.98. The molecule has 0 radical (unpaired) electrons. The van der Waals surface area contributed by atoms with E-state index >= 15 is 0 Å². The maximum absolute atomic E-state index is 11.2. The highest BCUT2D eigenvalue weighted by Crippen LogP contribution is 2.08. The molecule has 1 unspecified atom stereocenters. The van der Waals surface area contributed by atoms with Crippen LogP contribution in [-0.2, 0) is 11.3 Å². The van der Waals surface area contributed by atoms with Crippen molar-refractivity contribution in [2.45, 2.75) is 33.4 Å². The highest BCUT2D eigenvalue weighted by atomic mass is 16.1. The molecule has 1 aromatic carbocycles. The zero-order valence-corrected chi connectivity index (χ0v) is 9.95. The van der Waals surface area contributed by atoms with Gasteiger partial charge in [-0.2, -0.15) is 0 Å². The van der Waals surface area contributed by atoms with Crippen LogP contribution in [0.4, 0.5) is 0 Å². The Morgan fingerprint density at radius 3 is 2.67 bits per heavy atom. The van der Waals surface area contributed by atoms with Gasteiger partial charge in [0.1, 0.15) is 5.78 Å². The summed E-state index contributed by atoms with van der Waals surface area (Å²) in [5.41, 5.74) is 2.52. The minimum atomic E-state index is -0.00878. The summed E-state index contributed by atoms with van der Waals surface area (Å²) in [4.78, 5) is 13.3. The van der Waals surface area contributed by atoms with Crippen LogP contribution in [0.3, 0.4) is 0 Å². The van der Waals surface area contributed by atoms with Crippen LogP contribution in [0.1, 0.15) is 25.0 Å².